The summed E-state index contributed by atoms with van der Waals surface area (Å²) in [5.74, 6) is 0.692. The van der Waals surface area contributed by atoms with Crippen molar-refractivity contribution in [3.8, 4) is 10.6 Å². The molecule has 0 aliphatic rings. The Hall–Kier alpha value is -2.51. The summed E-state index contributed by atoms with van der Waals surface area (Å²) in [7, 11) is 2.04. The number of benzene rings is 1. The summed E-state index contributed by atoms with van der Waals surface area (Å²) >= 11 is 3.19. The smallest absolute Gasteiger partial charge is 0.222 e. The summed E-state index contributed by atoms with van der Waals surface area (Å²) in [5, 5.41) is 3.08. The average molecular weight is 368 g/mol. The Morgan fingerprint density at radius 3 is 2.84 bits per heavy atom. The standard InChI is InChI=1S/C18H16N4OS2/c1-22-14-5-3-2-4-12(14)20-17(22)9-18-21-13(10-24-18)15-7-6-11(25-15)8-16(19)23/h2-7,10H,8-9H2,1H3,(H2,19,23). The number of hydrogen-bond acceptors (Lipinski definition) is 5. The molecule has 3 aromatic heterocycles. The van der Waals surface area contributed by atoms with Crippen LogP contribution in [0, 0.1) is 0 Å². The predicted octanol–water partition coefficient (Wildman–Crippen LogP) is 3.38. The van der Waals surface area contributed by atoms with E-state index < -0.39 is 0 Å². The van der Waals surface area contributed by atoms with Crippen molar-refractivity contribution < 1.29 is 4.79 Å². The first-order chi connectivity index (χ1) is 12.1. The molecule has 0 saturated heterocycles. The summed E-state index contributed by atoms with van der Waals surface area (Å²) in [6, 6.07) is 12.1. The van der Waals surface area contributed by atoms with Gasteiger partial charge in [0.15, 0.2) is 0 Å². The molecule has 3 heterocycles. The number of primary amides is 1. The minimum atomic E-state index is -0.311. The Morgan fingerprint density at radius 1 is 1.20 bits per heavy atom. The van der Waals surface area contributed by atoms with Gasteiger partial charge in [0.1, 0.15) is 10.8 Å². The Kier molecular flexibility index (Phi) is 4.10. The molecule has 0 aliphatic heterocycles. The second-order valence-electron chi connectivity index (χ2n) is 5.79. The first kappa shape index (κ1) is 16.0. The lowest BCUT2D eigenvalue weighted by molar-refractivity contribution is -0.117. The summed E-state index contributed by atoms with van der Waals surface area (Å²) in [6.07, 6.45) is 0.983. The topological polar surface area (TPSA) is 73.8 Å². The molecular formula is C18H16N4OS2. The molecule has 2 N–H and O–H groups in total. The second kappa shape index (κ2) is 6.42. The van der Waals surface area contributed by atoms with Crippen molar-refractivity contribution in [2.24, 2.45) is 12.8 Å². The van der Waals surface area contributed by atoms with Gasteiger partial charge in [-0.05, 0) is 24.3 Å². The number of nitrogens with zero attached hydrogens (tertiary/aromatic N) is 3. The SMILES string of the molecule is Cn1c(Cc2nc(-c3ccc(CC(N)=O)s3)cs2)nc2ccccc21. The largest absolute Gasteiger partial charge is 0.369 e. The summed E-state index contributed by atoms with van der Waals surface area (Å²) in [6.45, 7) is 0. The molecule has 1 amide bonds. The summed E-state index contributed by atoms with van der Waals surface area (Å²) in [5.41, 5.74) is 8.33. The van der Waals surface area contributed by atoms with Gasteiger partial charge in [0.25, 0.3) is 0 Å². The van der Waals surface area contributed by atoms with Crippen LogP contribution in [0.3, 0.4) is 0 Å². The van der Waals surface area contributed by atoms with Crippen molar-refractivity contribution in [3.05, 3.63) is 57.5 Å². The zero-order chi connectivity index (χ0) is 17.4. The summed E-state index contributed by atoms with van der Waals surface area (Å²) < 4.78 is 2.12. The third kappa shape index (κ3) is 3.20. The number of carbonyl (C=O) groups is 1. The maximum Gasteiger partial charge on any atom is 0.222 e. The highest BCUT2D eigenvalue weighted by Gasteiger charge is 2.12. The minimum Gasteiger partial charge on any atom is -0.369 e. The van der Waals surface area contributed by atoms with Crippen molar-refractivity contribution in [2.45, 2.75) is 12.8 Å². The Bertz CT molecular complexity index is 1060. The number of aromatic nitrogens is 3. The first-order valence-corrected chi connectivity index (χ1v) is 9.52. The van der Waals surface area contributed by atoms with Gasteiger partial charge in [-0.25, -0.2) is 9.97 Å². The zero-order valence-corrected chi connectivity index (χ0v) is 15.2. The molecule has 0 bridgehead atoms. The Morgan fingerprint density at radius 2 is 2.04 bits per heavy atom. The average Bonchev–Trinajstić information content (AvgIpc) is 3.28. The molecule has 4 aromatic rings. The molecule has 5 nitrogen and oxygen atoms in total. The minimum absolute atomic E-state index is 0.279. The van der Waals surface area contributed by atoms with Crippen molar-refractivity contribution in [1.82, 2.24) is 14.5 Å². The van der Waals surface area contributed by atoms with Crippen LogP contribution >= 0.6 is 22.7 Å². The van der Waals surface area contributed by atoms with E-state index in [2.05, 4.69) is 16.0 Å². The van der Waals surface area contributed by atoms with Crippen LogP contribution in [0.4, 0.5) is 0 Å². The first-order valence-electron chi connectivity index (χ1n) is 7.82. The molecule has 0 radical (unpaired) electrons. The lowest BCUT2D eigenvalue weighted by Crippen LogP contribution is -2.12. The van der Waals surface area contributed by atoms with Crippen LogP contribution in [0.15, 0.2) is 41.8 Å². The lowest BCUT2D eigenvalue weighted by atomic mass is 10.3. The van der Waals surface area contributed by atoms with Gasteiger partial charge in [-0.1, -0.05) is 12.1 Å². The van der Waals surface area contributed by atoms with E-state index >= 15 is 0 Å². The number of aryl methyl sites for hydroxylation is 1. The fourth-order valence-electron chi connectivity index (χ4n) is 2.78. The van der Waals surface area contributed by atoms with E-state index in [1.165, 1.54) is 0 Å². The molecule has 1 aromatic carbocycles. The van der Waals surface area contributed by atoms with E-state index in [4.69, 9.17) is 15.7 Å². The van der Waals surface area contributed by atoms with Crippen LogP contribution in [0.5, 0.6) is 0 Å². The monoisotopic (exact) mass is 368 g/mol. The molecule has 0 spiro atoms. The van der Waals surface area contributed by atoms with Gasteiger partial charge in [-0.2, -0.15) is 0 Å². The van der Waals surface area contributed by atoms with Crippen molar-refractivity contribution in [3.63, 3.8) is 0 Å². The second-order valence-corrected chi connectivity index (χ2v) is 7.90. The highest BCUT2D eigenvalue weighted by molar-refractivity contribution is 7.16. The third-order valence-electron chi connectivity index (χ3n) is 4.00. The van der Waals surface area contributed by atoms with E-state index in [9.17, 15) is 4.79 Å². The van der Waals surface area contributed by atoms with Gasteiger partial charge in [0, 0.05) is 17.3 Å². The van der Waals surface area contributed by atoms with Crippen LogP contribution in [0.25, 0.3) is 21.6 Å². The van der Waals surface area contributed by atoms with Crippen LogP contribution in [-0.2, 0) is 24.7 Å². The predicted molar refractivity (Wildman–Crippen MR) is 102 cm³/mol. The molecule has 0 saturated carbocycles. The van der Waals surface area contributed by atoms with Crippen LogP contribution in [0.1, 0.15) is 15.7 Å². The Labute approximate surface area is 152 Å². The fraction of sp³-hybridized carbons (Fsp3) is 0.167. The van der Waals surface area contributed by atoms with E-state index in [-0.39, 0.29) is 12.3 Å². The van der Waals surface area contributed by atoms with Gasteiger partial charge in [0.2, 0.25) is 5.91 Å². The number of nitrogens with two attached hydrogens (primary N) is 1. The Balaban J connectivity index is 1.57. The molecule has 0 aliphatic carbocycles. The van der Waals surface area contributed by atoms with Gasteiger partial charge in [-0.3, -0.25) is 4.79 Å². The molecular weight excluding hydrogens is 352 g/mol. The van der Waals surface area contributed by atoms with Gasteiger partial charge < -0.3 is 10.3 Å². The highest BCUT2D eigenvalue weighted by Crippen LogP contribution is 2.30. The number of amides is 1. The number of thiophene rings is 1. The maximum absolute atomic E-state index is 11.0. The van der Waals surface area contributed by atoms with E-state index in [0.717, 1.165) is 37.3 Å². The molecule has 0 atom stereocenters. The van der Waals surface area contributed by atoms with Gasteiger partial charge in [0.05, 0.1) is 34.4 Å². The van der Waals surface area contributed by atoms with E-state index in [1.54, 1.807) is 22.7 Å². The molecule has 7 heteroatoms. The number of rotatable bonds is 5. The van der Waals surface area contributed by atoms with Crippen molar-refractivity contribution >= 4 is 39.6 Å². The number of imidazole rings is 1. The quantitative estimate of drug-likeness (QED) is 0.587. The normalized spacial score (nSPS) is 11.2. The van der Waals surface area contributed by atoms with E-state index in [0.29, 0.717) is 6.42 Å². The number of carbonyl (C=O) groups excluding carboxylic acids is 1. The number of hydrogen-bond donors (Lipinski definition) is 1. The van der Waals surface area contributed by atoms with Crippen molar-refractivity contribution in [2.75, 3.05) is 0 Å². The number of fused-ring (bicyclic) bond motifs is 1. The zero-order valence-electron chi connectivity index (χ0n) is 13.6. The van der Waals surface area contributed by atoms with Crippen molar-refractivity contribution in [1.29, 1.82) is 0 Å². The molecule has 0 fully saturated rings. The maximum atomic E-state index is 11.0. The molecule has 126 valence electrons. The highest BCUT2D eigenvalue weighted by atomic mass is 32.1. The molecule has 0 unspecified atom stereocenters. The van der Waals surface area contributed by atoms with Crippen LogP contribution < -0.4 is 5.73 Å². The summed E-state index contributed by atoms with van der Waals surface area (Å²) in [4.78, 5) is 22.5. The van der Waals surface area contributed by atoms with Crippen LogP contribution in [0.2, 0.25) is 0 Å². The number of thiazole rings is 1. The van der Waals surface area contributed by atoms with E-state index in [1.807, 2.05) is 37.4 Å². The van der Waals surface area contributed by atoms with Gasteiger partial charge >= 0.3 is 0 Å². The van der Waals surface area contributed by atoms with Crippen LogP contribution in [-0.4, -0.2) is 20.4 Å². The molecule has 25 heavy (non-hydrogen) atoms. The molecule has 4 rings (SSSR count). The lowest BCUT2D eigenvalue weighted by Gasteiger charge is -1.99. The number of para-hydroxylation sites is 2. The third-order valence-corrected chi connectivity index (χ3v) is 5.96. The fourth-order valence-corrected chi connectivity index (χ4v) is 4.62. The van der Waals surface area contributed by atoms with Gasteiger partial charge in [-0.15, -0.1) is 22.7 Å².